The Kier molecular flexibility index (Phi) is 1.71. The molecule has 1 heterocycles. The number of aromatic nitrogens is 1. The summed E-state index contributed by atoms with van der Waals surface area (Å²) in [4.78, 5) is 14.0. The fourth-order valence-corrected chi connectivity index (χ4v) is 0.710. The van der Waals surface area contributed by atoms with Gasteiger partial charge in [-0.2, -0.15) is 0 Å². The zero-order valence-corrected chi connectivity index (χ0v) is 5.53. The van der Waals surface area contributed by atoms with E-state index < -0.39 is 5.97 Å². The summed E-state index contributed by atoms with van der Waals surface area (Å²) >= 11 is 0. The predicted octanol–water partition coefficient (Wildman–Crippen LogP) is -0.962. The summed E-state index contributed by atoms with van der Waals surface area (Å²) < 4.78 is 0. The molecule has 0 spiro atoms. The van der Waals surface area contributed by atoms with Crippen LogP contribution in [0.3, 0.4) is 0 Å². The molecule has 50 valence electrons. The van der Waals surface area contributed by atoms with Crippen LogP contribution in [0.25, 0.3) is 0 Å². The van der Waals surface area contributed by atoms with Gasteiger partial charge in [-0.25, -0.2) is 9.78 Å². The number of carboxylic acid groups (broad SMARTS) is 1. The number of nitrogens with zero attached hydrogens (tertiary/aromatic N) is 1. The van der Waals surface area contributed by atoms with E-state index in [0.29, 0.717) is 5.46 Å². The van der Waals surface area contributed by atoms with E-state index in [9.17, 15) is 4.79 Å². The Labute approximate surface area is 59.1 Å². The molecule has 0 radical (unpaired) electrons. The summed E-state index contributed by atoms with van der Waals surface area (Å²) in [7, 11) is 1.72. The molecule has 0 aliphatic heterocycles. The molecule has 0 atom stereocenters. The minimum absolute atomic E-state index is 0.127. The van der Waals surface area contributed by atoms with Crippen LogP contribution in [0.1, 0.15) is 10.5 Å². The molecule has 0 amide bonds. The molecule has 0 saturated carbocycles. The van der Waals surface area contributed by atoms with Gasteiger partial charge in [-0.15, -0.1) is 0 Å². The molecular formula is C6H6BNO2. The summed E-state index contributed by atoms with van der Waals surface area (Å²) in [6, 6.07) is 3.43. The van der Waals surface area contributed by atoms with Gasteiger partial charge in [-0.05, 0) is 6.07 Å². The summed E-state index contributed by atoms with van der Waals surface area (Å²) in [6.07, 6.45) is 1.47. The van der Waals surface area contributed by atoms with E-state index in [1.807, 2.05) is 0 Å². The third kappa shape index (κ3) is 1.15. The highest BCUT2D eigenvalue weighted by atomic mass is 16.4. The highest BCUT2D eigenvalue weighted by Crippen LogP contribution is 1.86. The molecule has 1 aromatic rings. The van der Waals surface area contributed by atoms with Crippen molar-refractivity contribution in [3.8, 4) is 0 Å². The lowest BCUT2D eigenvalue weighted by Crippen LogP contribution is -2.16. The highest BCUT2D eigenvalue weighted by Gasteiger charge is 2.04. The molecule has 4 heteroatoms. The quantitative estimate of drug-likeness (QED) is 0.504. The van der Waals surface area contributed by atoms with Gasteiger partial charge in [-0.1, -0.05) is 11.5 Å². The normalized spacial score (nSPS) is 9.20. The fraction of sp³-hybridized carbons (Fsp3) is 0. The van der Waals surface area contributed by atoms with E-state index in [2.05, 4.69) is 4.98 Å². The van der Waals surface area contributed by atoms with Crippen molar-refractivity contribution < 1.29 is 9.90 Å². The van der Waals surface area contributed by atoms with Crippen LogP contribution in [0.5, 0.6) is 0 Å². The molecule has 0 saturated heterocycles. The first-order valence-electron chi connectivity index (χ1n) is 2.86. The molecule has 0 fully saturated rings. The second kappa shape index (κ2) is 2.52. The number of carboxylic acids is 1. The lowest BCUT2D eigenvalue weighted by molar-refractivity contribution is 0.0692. The molecular weight excluding hydrogens is 129 g/mol. The van der Waals surface area contributed by atoms with Gasteiger partial charge in [0.2, 0.25) is 0 Å². The van der Waals surface area contributed by atoms with Crippen molar-refractivity contribution in [2.24, 2.45) is 0 Å². The topological polar surface area (TPSA) is 50.2 Å². The average Bonchev–Trinajstić information content (AvgIpc) is 1.88. The number of aromatic carboxylic acids is 1. The van der Waals surface area contributed by atoms with Crippen molar-refractivity contribution in [1.29, 1.82) is 0 Å². The van der Waals surface area contributed by atoms with Gasteiger partial charge in [0.1, 0.15) is 13.5 Å². The van der Waals surface area contributed by atoms with Crippen LogP contribution in [0.4, 0.5) is 0 Å². The molecule has 1 rings (SSSR count). The van der Waals surface area contributed by atoms with E-state index in [1.165, 1.54) is 6.20 Å². The Morgan fingerprint density at radius 2 is 2.40 bits per heavy atom. The minimum Gasteiger partial charge on any atom is -0.477 e. The Hall–Kier alpha value is -1.32. The van der Waals surface area contributed by atoms with E-state index in [-0.39, 0.29) is 5.69 Å². The number of hydrogen-bond acceptors (Lipinski definition) is 2. The van der Waals surface area contributed by atoms with Crippen molar-refractivity contribution in [2.75, 3.05) is 0 Å². The fourth-order valence-electron chi connectivity index (χ4n) is 0.710. The van der Waals surface area contributed by atoms with Crippen molar-refractivity contribution in [1.82, 2.24) is 4.98 Å². The summed E-state index contributed by atoms with van der Waals surface area (Å²) in [5, 5.41) is 8.50. The molecule has 10 heavy (non-hydrogen) atoms. The molecule has 0 bridgehead atoms. The van der Waals surface area contributed by atoms with Gasteiger partial charge < -0.3 is 5.11 Å². The number of pyridine rings is 1. The Morgan fingerprint density at radius 1 is 1.70 bits per heavy atom. The van der Waals surface area contributed by atoms with E-state index in [0.717, 1.165) is 0 Å². The monoisotopic (exact) mass is 135 g/mol. The Morgan fingerprint density at radius 3 is 2.80 bits per heavy atom. The van der Waals surface area contributed by atoms with Crippen molar-refractivity contribution in [2.45, 2.75) is 0 Å². The van der Waals surface area contributed by atoms with Crippen LogP contribution in [0, 0.1) is 0 Å². The van der Waals surface area contributed by atoms with Crippen LogP contribution < -0.4 is 5.46 Å². The maximum Gasteiger partial charge on any atom is 0.353 e. The predicted molar refractivity (Wildman–Crippen MR) is 39.4 cm³/mol. The molecule has 0 aliphatic rings. The molecule has 0 aliphatic carbocycles. The minimum atomic E-state index is -0.974. The maximum atomic E-state index is 10.4. The first kappa shape index (κ1) is 6.80. The number of rotatable bonds is 1. The zero-order valence-electron chi connectivity index (χ0n) is 5.53. The summed E-state index contributed by atoms with van der Waals surface area (Å²) in [5.41, 5.74) is 0.817. The van der Waals surface area contributed by atoms with Crippen molar-refractivity contribution in [3.05, 3.63) is 24.0 Å². The van der Waals surface area contributed by atoms with Gasteiger partial charge in [0.05, 0.1) is 0 Å². The molecule has 1 N–H and O–H groups in total. The summed E-state index contributed by atoms with van der Waals surface area (Å²) in [6.45, 7) is 0. The van der Waals surface area contributed by atoms with Crippen LogP contribution in [-0.2, 0) is 0 Å². The zero-order chi connectivity index (χ0) is 7.56. The SMILES string of the molecule is Bc1cccnc1C(=O)O. The van der Waals surface area contributed by atoms with Gasteiger partial charge in [-0.3, -0.25) is 0 Å². The second-order valence-corrected chi connectivity index (χ2v) is 1.97. The lowest BCUT2D eigenvalue weighted by atomic mass is 9.94. The van der Waals surface area contributed by atoms with Crippen LogP contribution in [0.15, 0.2) is 18.3 Å². The van der Waals surface area contributed by atoms with Crippen LogP contribution >= 0.6 is 0 Å². The third-order valence-electron chi connectivity index (χ3n) is 1.21. The maximum absolute atomic E-state index is 10.4. The Bertz CT molecular complexity index is 262. The highest BCUT2D eigenvalue weighted by molar-refractivity contribution is 6.35. The van der Waals surface area contributed by atoms with Gasteiger partial charge in [0.25, 0.3) is 0 Å². The number of carbonyl (C=O) groups is 1. The van der Waals surface area contributed by atoms with Crippen molar-refractivity contribution in [3.63, 3.8) is 0 Å². The first-order valence-corrected chi connectivity index (χ1v) is 2.86. The van der Waals surface area contributed by atoms with Gasteiger partial charge in [0, 0.05) is 6.20 Å². The standard InChI is InChI=1S/C6H6BNO2/c7-4-2-1-3-8-5(4)6(9)10/h1-3H,7H2,(H,9,10). The average molecular weight is 135 g/mol. The second-order valence-electron chi connectivity index (χ2n) is 1.97. The number of hydrogen-bond donors (Lipinski definition) is 1. The molecule has 1 aromatic heterocycles. The third-order valence-corrected chi connectivity index (χ3v) is 1.21. The largest absolute Gasteiger partial charge is 0.477 e. The smallest absolute Gasteiger partial charge is 0.353 e. The van der Waals surface area contributed by atoms with E-state index in [4.69, 9.17) is 5.11 Å². The molecule has 0 unspecified atom stereocenters. The summed E-state index contributed by atoms with van der Waals surface area (Å²) in [5.74, 6) is -0.974. The van der Waals surface area contributed by atoms with Gasteiger partial charge in [0.15, 0.2) is 0 Å². The van der Waals surface area contributed by atoms with Crippen LogP contribution in [-0.4, -0.2) is 23.9 Å². The van der Waals surface area contributed by atoms with E-state index >= 15 is 0 Å². The molecule has 3 nitrogen and oxygen atoms in total. The molecule has 0 aromatic carbocycles. The van der Waals surface area contributed by atoms with Crippen LogP contribution in [0.2, 0.25) is 0 Å². The van der Waals surface area contributed by atoms with Crippen molar-refractivity contribution >= 4 is 19.3 Å². The lowest BCUT2D eigenvalue weighted by Gasteiger charge is -1.95. The first-order chi connectivity index (χ1) is 4.72. The van der Waals surface area contributed by atoms with E-state index in [1.54, 1.807) is 20.0 Å². The Balaban J connectivity index is 3.15. The van der Waals surface area contributed by atoms with Gasteiger partial charge >= 0.3 is 5.97 Å².